The third kappa shape index (κ3) is 22.9. The molecule has 0 unspecified atom stereocenters. The summed E-state index contributed by atoms with van der Waals surface area (Å²) in [5, 5.41) is 109. The molecule has 0 aliphatic carbocycles. The molecule has 0 bridgehead atoms. The van der Waals surface area contributed by atoms with Crippen LogP contribution in [0, 0.1) is 110 Å². The minimum absolute atomic E-state index is 0.0608. The van der Waals surface area contributed by atoms with Gasteiger partial charge in [-0.3, -0.25) is 25.3 Å². The summed E-state index contributed by atoms with van der Waals surface area (Å²) in [6, 6.07) is 46.9. The highest BCUT2D eigenvalue weighted by Crippen LogP contribution is 2.42. The highest BCUT2D eigenvalue weighted by Gasteiger charge is 2.28. The van der Waals surface area contributed by atoms with Gasteiger partial charge in [-0.1, -0.05) is 34.6 Å². The zero-order chi connectivity index (χ0) is 103. The third-order valence-electron chi connectivity index (χ3n) is 23.2. The van der Waals surface area contributed by atoms with Crippen molar-refractivity contribution in [3.05, 3.63) is 262 Å². The number of halogens is 2. The number of nitrogens with zero attached hydrogens (tertiary/aromatic N) is 28. The van der Waals surface area contributed by atoms with Crippen LogP contribution in [0.2, 0.25) is 5.28 Å². The van der Waals surface area contributed by atoms with Crippen molar-refractivity contribution in [1.29, 1.82) is 26.3 Å². The van der Waals surface area contributed by atoms with E-state index in [1.165, 1.54) is 20.3 Å². The fraction of sp³-hybridized carbons (Fsp3) is 0.267. The van der Waals surface area contributed by atoms with Crippen LogP contribution in [0.1, 0.15) is 113 Å². The van der Waals surface area contributed by atoms with Crippen molar-refractivity contribution >= 4 is 129 Å². The Hall–Kier alpha value is -18.0. The molecule has 9 heterocycles. The van der Waals surface area contributed by atoms with E-state index in [2.05, 4.69) is 113 Å². The first-order chi connectivity index (χ1) is 68.7. The lowest BCUT2D eigenvalue weighted by atomic mass is 10.1. The molecular weight excluding hydrogens is 1840 g/mol. The van der Waals surface area contributed by atoms with Gasteiger partial charge in [0.15, 0.2) is 23.3 Å². The van der Waals surface area contributed by atoms with Gasteiger partial charge in [-0.25, -0.2) is 38.7 Å². The zero-order valence-corrected chi connectivity index (χ0v) is 82.8. The number of H-pyrrole nitrogens is 1. The summed E-state index contributed by atoms with van der Waals surface area (Å²) in [6.07, 6.45) is 10.4. The number of ether oxygens (including phenoxy) is 3. The lowest BCUT2D eigenvalue weighted by molar-refractivity contribution is -0.387. The van der Waals surface area contributed by atoms with Crippen LogP contribution in [0.3, 0.4) is 0 Å². The Morgan fingerprint density at radius 3 is 1.09 bits per heavy atom. The van der Waals surface area contributed by atoms with Crippen LogP contribution >= 0.6 is 11.6 Å². The monoisotopic (exact) mass is 1940 g/mol. The Balaban J connectivity index is 0.000000156. The van der Waals surface area contributed by atoms with Crippen molar-refractivity contribution in [3.8, 4) is 70.9 Å². The normalized spacial score (nSPS) is 10.9. The molecule has 728 valence electrons. The van der Waals surface area contributed by atoms with Crippen LogP contribution < -0.4 is 45.7 Å². The third-order valence-corrected chi connectivity index (χ3v) is 23.4. The first kappa shape index (κ1) is 102. The standard InChI is InChI=1S/C27H31N9O3.C27H33N9O.C22H18FN7O3.C15H12ClN5.C10H9N3/c1-7-20-19-12-18(15-28)8-9-22(19)35(32-20)26-17(2)16-29-27(31-26)30-21-13-24(36(37)38)23(14-25(21)39-6)34(5)11-10-33(3)4;1-7-21-19-12-18(15-28)8-9-23(19)36(33-21)26-17(2)16-30-27(32-26)31-22-13-20(29)24(14-25(22)37-6)35(5)11-10-34(3)4;1-4-16-14-7-13(10-24)5-6-18(14)29(28-16)21-12(2)11-25-22(27-21)26-17-9-19(30(31)32)15(23)8-20(17)33-3;1-3-12-11-6-10(7-17)4-5-13(11)21(20-12)14-9(2)8-18-15(16)19-14;1-2-9-8-5-7(6-11)3-4-10(8)13-12-9/h8-9,12-14,16H,7,10-11H2,1-6H3,(H,29,30,31);8-9,12-14,16H,7,10-11,29H2,1-6H3,(H,30,31,32);5-9,11H,4H2,1-3H3,(H,25,26,27);4-6,8H,3H2,1-2H3;3-5H,2H2,1H3,(H,12,13). The SMILES string of the molecule is CCc1[nH]nc2ccc(C#N)cc12.CCc1nn(-c2nc(Cl)ncc2C)c2ccc(C#N)cc12.CCc1nn(-c2nc(Nc3cc(N)c(N(C)CCN(C)C)cc3OC)ncc2C)c2ccc(C#N)cc12.CCc1nn(-c2nc(Nc3cc([N+](=O)[O-])c(F)cc3OC)ncc2C)c2ccc(C#N)cc12.CCc1nn(-c2nc(Nc3cc([N+](=O)[O-])c(N(C)CCN(C)C)cc3OC)ncc2C)c2ccc(C#N)cc12. The Morgan fingerprint density at radius 2 is 0.748 bits per heavy atom. The fourth-order valence-corrected chi connectivity index (χ4v) is 15.7. The lowest BCUT2D eigenvalue weighted by Crippen LogP contribution is -2.29. The minimum Gasteiger partial charge on any atom is -0.494 e. The summed E-state index contributed by atoms with van der Waals surface area (Å²) in [5.41, 5.74) is 23.9. The first-order valence-electron chi connectivity index (χ1n) is 45.2. The van der Waals surface area contributed by atoms with E-state index in [-0.39, 0.29) is 34.3 Å². The molecule has 8 aromatic carbocycles. The number of likely N-dealkylation sites (N-methyl/N-ethyl adjacent to an activating group) is 4. The van der Waals surface area contributed by atoms with Crippen LogP contribution in [0.4, 0.5) is 67.7 Å². The van der Waals surface area contributed by atoms with Gasteiger partial charge in [0, 0.05) is 150 Å². The van der Waals surface area contributed by atoms with Crippen LogP contribution in [-0.4, -0.2) is 199 Å². The number of nitro groups is 2. The second kappa shape index (κ2) is 45.5. The molecule has 40 nitrogen and oxygen atoms in total. The Labute approximate surface area is 827 Å². The van der Waals surface area contributed by atoms with Gasteiger partial charge in [-0.15, -0.1) is 0 Å². The van der Waals surface area contributed by atoms with Gasteiger partial charge in [0.05, 0.1) is 168 Å². The van der Waals surface area contributed by atoms with E-state index >= 15 is 0 Å². The number of aromatic nitrogens is 18. The summed E-state index contributed by atoms with van der Waals surface area (Å²) in [5.74, 6) is 3.18. The molecule has 0 saturated heterocycles. The van der Waals surface area contributed by atoms with Crippen molar-refractivity contribution in [3.63, 3.8) is 0 Å². The topological polar surface area (TPSA) is 511 Å². The van der Waals surface area contributed by atoms with E-state index in [1.807, 2.05) is 173 Å². The molecule has 17 rings (SSSR count). The number of nitrogens with two attached hydrogens (primary N) is 1. The molecule has 0 atom stereocenters. The second-order valence-corrected chi connectivity index (χ2v) is 33.7. The van der Waals surface area contributed by atoms with E-state index in [0.29, 0.717) is 111 Å². The molecule has 0 fully saturated rings. The molecule has 143 heavy (non-hydrogen) atoms. The molecule has 17 aromatic rings. The number of benzene rings is 8. The lowest BCUT2D eigenvalue weighted by Gasteiger charge is -2.24. The molecule has 0 radical (unpaired) electrons. The predicted molar refractivity (Wildman–Crippen MR) is 547 cm³/mol. The number of methoxy groups -OCH3 is 3. The molecule has 0 saturated carbocycles. The number of aromatic amines is 1. The molecule has 6 N–H and O–H groups in total. The largest absolute Gasteiger partial charge is 0.494 e. The van der Waals surface area contributed by atoms with E-state index in [1.54, 1.807) is 94.5 Å². The van der Waals surface area contributed by atoms with Gasteiger partial charge in [-0.05, 0) is 197 Å². The number of fused-ring (bicyclic) bond motifs is 5. The number of nitrogens with one attached hydrogen (secondary N) is 4. The summed E-state index contributed by atoms with van der Waals surface area (Å²) in [6.45, 7) is 20.7. The first-order valence-corrected chi connectivity index (χ1v) is 45.6. The van der Waals surface area contributed by atoms with Crippen LogP contribution in [0.5, 0.6) is 17.2 Å². The van der Waals surface area contributed by atoms with E-state index < -0.39 is 21.4 Å². The maximum atomic E-state index is 14.0. The van der Waals surface area contributed by atoms with Crippen LogP contribution in [0.25, 0.3) is 77.8 Å². The van der Waals surface area contributed by atoms with Crippen molar-refractivity contribution in [2.24, 2.45) is 0 Å². The quantitative estimate of drug-likeness (QED) is 0.0132. The van der Waals surface area contributed by atoms with E-state index in [9.17, 15) is 40.4 Å². The number of hydrogen-bond donors (Lipinski definition) is 5. The van der Waals surface area contributed by atoms with Gasteiger partial charge in [0.25, 0.3) is 5.69 Å². The van der Waals surface area contributed by atoms with Crippen molar-refractivity contribution in [2.75, 3.05) is 121 Å². The van der Waals surface area contributed by atoms with E-state index in [4.69, 9.17) is 62.2 Å². The highest BCUT2D eigenvalue weighted by atomic mass is 35.5. The number of aryl methyl sites for hydroxylation is 9. The van der Waals surface area contributed by atoms with Gasteiger partial charge in [-0.2, -0.15) is 76.1 Å². The number of nitriles is 5. The molecule has 0 amide bonds. The summed E-state index contributed by atoms with van der Waals surface area (Å²) in [7, 11) is 16.3. The summed E-state index contributed by atoms with van der Waals surface area (Å²) >= 11 is 5.90. The maximum Gasteiger partial charge on any atom is 0.307 e. The molecule has 42 heteroatoms. The number of rotatable bonds is 28. The predicted octanol–water partition coefficient (Wildman–Crippen LogP) is 17.7. The molecule has 0 aliphatic rings. The fourth-order valence-electron chi connectivity index (χ4n) is 15.6. The highest BCUT2D eigenvalue weighted by molar-refractivity contribution is 6.28. The molecular formula is C101H103ClFN33O7. The van der Waals surface area contributed by atoms with E-state index in [0.717, 1.165) is 162 Å². The van der Waals surface area contributed by atoms with Gasteiger partial charge in [0.2, 0.25) is 28.9 Å². The Morgan fingerprint density at radius 1 is 0.427 bits per heavy atom. The number of nitro benzene ring substituents is 2. The second-order valence-electron chi connectivity index (χ2n) is 33.4. The Kier molecular flexibility index (Phi) is 32.6. The maximum absolute atomic E-state index is 14.0. The summed E-state index contributed by atoms with van der Waals surface area (Å²) < 4.78 is 37.3. The van der Waals surface area contributed by atoms with Crippen LogP contribution in [0.15, 0.2) is 152 Å². The average molecular weight is 1950 g/mol. The van der Waals surface area contributed by atoms with Gasteiger partial charge >= 0.3 is 5.69 Å². The zero-order valence-electron chi connectivity index (χ0n) is 82.0. The van der Waals surface area contributed by atoms with Crippen molar-refractivity contribution < 1.29 is 28.4 Å². The van der Waals surface area contributed by atoms with Crippen LogP contribution in [-0.2, 0) is 32.1 Å². The van der Waals surface area contributed by atoms with Gasteiger partial charge < -0.3 is 55.5 Å². The molecule has 0 aliphatic heterocycles. The average Bonchev–Trinajstić information content (AvgIpc) is 1.65. The smallest absolute Gasteiger partial charge is 0.307 e. The van der Waals surface area contributed by atoms with Crippen molar-refractivity contribution in [1.82, 2.24) is 99.0 Å². The van der Waals surface area contributed by atoms with Gasteiger partial charge in [0.1, 0.15) is 22.9 Å². The number of anilines is 9. The molecule has 0 spiro atoms. The number of hydrogen-bond acceptors (Lipinski definition) is 33. The Bertz CT molecular complexity index is 7910. The molecule has 9 aromatic heterocycles. The van der Waals surface area contributed by atoms with Crippen molar-refractivity contribution in [2.45, 2.75) is 94.4 Å². The summed E-state index contributed by atoms with van der Waals surface area (Å²) in [4.78, 5) is 65.4. The number of nitrogen functional groups attached to an aromatic ring is 1. The minimum atomic E-state index is -1.01.